The van der Waals surface area contributed by atoms with Gasteiger partial charge in [0.15, 0.2) is 0 Å². The van der Waals surface area contributed by atoms with E-state index >= 15 is 4.39 Å². The van der Waals surface area contributed by atoms with E-state index in [0.29, 0.717) is 28.5 Å². The number of halogens is 1. The lowest BCUT2D eigenvalue weighted by atomic mass is 9.85. The molecule has 2 aromatic carbocycles. The van der Waals surface area contributed by atoms with Gasteiger partial charge in [0, 0.05) is 18.2 Å². The second-order valence-electron chi connectivity index (χ2n) is 10.5. The predicted octanol–water partition coefficient (Wildman–Crippen LogP) is 4.95. The molecule has 0 spiro atoms. The number of alkyl carbamates (subject to hydrolysis) is 1. The van der Waals surface area contributed by atoms with Crippen molar-refractivity contribution in [3.8, 4) is 22.6 Å². The number of rotatable bonds is 5. The number of carbonyl (C=O) groups is 1. The SMILES string of the molecule is COc1cc(OC)cc(-c2cc3c(cc2F)C(NC(=O)O[C@H]2CN4CCC2CC4)C(C)(C)C3)c1. The molecule has 1 N–H and O–H groups in total. The fourth-order valence-electron chi connectivity index (χ4n) is 5.86. The van der Waals surface area contributed by atoms with Crippen LogP contribution in [0.15, 0.2) is 30.3 Å². The molecule has 1 aliphatic carbocycles. The third-order valence-electron chi connectivity index (χ3n) is 7.75. The highest BCUT2D eigenvalue weighted by molar-refractivity contribution is 5.72. The first-order valence-electron chi connectivity index (χ1n) is 12.0. The highest BCUT2D eigenvalue weighted by Gasteiger charge is 2.42. The molecule has 0 radical (unpaired) electrons. The summed E-state index contributed by atoms with van der Waals surface area (Å²) in [4.78, 5) is 15.2. The van der Waals surface area contributed by atoms with Crippen LogP contribution in [0, 0.1) is 17.2 Å². The zero-order valence-corrected chi connectivity index (χ0v) is 20.3. The van der Waals surface area contributed by atoms with Gasteiger partial charge in [-0.1, -0.05) is 13.8 Å². The molecular weight excluding hydrogens is 435 g/mol. The summed E-state index contributed by atoms with van der Waals surface area (Å²) in [7, 11) is 3.15. The average Bonchev–Trinajstić information content (AvgIpc) is 3.07. The van der Waals surface area contributed by atoms with Gasteiger partial charge in [0.25, 0.3) is 0 Å². The Morgan fingerprint density at radius 1 is 1.06 bits per heavy atom. The molecule has 182 valence electrons. The summed E-state index contributed by atoms with van der Waals surface area (Å²) in [6, 6.07) is 8.49. The molecular formula is C27H33FN2O4. The van der Waals surface area contributed by atoms with Gasteiger partial charge in [-0.2, -0.15) is 0 Å². The zero-order chi connectivity index (χ0) is 24.0. The summed E-state index contributed by atoms with van der Waals surface area (Å²) in [6.45, 7) is 7.19. The van der Waals surface area contributed by atoms with Gasteiger partial charge >= 0.3 is 6.09 Å². The van der Waals surface area contributed by atoms with E-state index in [1.54, 1.807) is 38.5 Å². The van der Waals surface area contributed by atoms with E-state index in [2.05, 4.69) is 24.1 Å². The number of amides is 1. The highest BCUT2D eigenvalue weighted by atomic mass is 19.1. The molecule has 6 nitrogen and oxygen atoms in total. The summed E-state index contributed by atoms with van der Waals surface area (Å²) in [5, 5.41) is 3.07. The van der Waals surface area contributed by atoms with Gasteiger partial charge in [-0.3, -0.25) is 4.90 Å². The number of hydrogen-bond donors (Lipinski definition) is 1. The maximum Gasteiger partial charge on any atom is 0.407 e. The number of benzene rings is 2. The van der Waals surface area contributed by atoms with Gasteiger partial charge in [-0.15, -0.1) is 0 Å². The minimum atomic E-state index is -0.410. The number of nitrogens with one attached hydrogen (secondary N) is 1. The normalized spacial score (nSPS) is 26.6. The molecule has 6 rings (SSSR count). The minimum absolute atomic E-state index is 0.0614. The van der Waals surface area contributed by atoms with Crippen LogP contribution in [0.5, 0.6) is 11.5 Å². The number of ether oxygens (including phenoxy) is 3. The van der Waals surface area contributed by atoms with Crippen molar-refractivity contribution in [3.05, 3.63) is 47.3 Å². The van der Waals surface area contributed by atoms with Crippen LogP contribution in [0.25, 0.3) is 11.1 Å². The van der Waals surface area contributed by atoms with E-state index in [1.165, 1.54) is 0 Å². The quantitative estimate of drug-likeness (QED) is 0.673. The molecule has 0 aromatic heterocycles. The van der Waals surface area contributed by atoms with Crippen molar-refractivity contribution in [1.29, 1.82) is 0 Å². The second kappa shape index (κ2) is 8.77. The fourth-order valence-corrected chi connectivity index (χ4v) is 5.86. The summed E-state index contributed by atoms with van der Waals surface area (Å²) in [5.74, 6) is 1.30. The van der Waals surface area contributed by atoms with Crippen LogP contribution in [-0.4, -0.2) is 51.0 Å². The topological polar surface area (TPSA) is 60.0 Å². The van der Waals surface area contributed by atoms with E-state index in [4.69, 9.17) is 14.2 Å². The Morgan fingerprint density at radius 3 is 2.32 bits per heavy atom. The van der Waals surface area contributed by atoms with E-state index < -0.39 is 6.09 Å². The van der Waals surface area contributed by atoms with Gasteiger partial charge < -0.3 is 19.5 Å². The van der Waals surface area contributed by atoms with Gasteiger partial charge in [-0.05, 0) is 84.6 Å². The van der Waals surface area contributed by atoms with Crippen LogP contribution in [0.2, 0.25) is 0 Å². The summed E-state index contributed by atoms with van der Waals surface area (Å²) in [5.41, 5.74) is 2.74. The minimum Gasteiger partial charge on any atom is -0.497 e. The molecule has 2 bridgehead atoms. The molecule has 3 heterocycles. The predicted molar refractivity (Wildman–Crippen MR) is 128 cm³/mol. The van der Waals surface area contributed by atoms with Crippen molar-refractivity contribution in [2.45, 2.75) is 45.3 Å². The van der Waals surface area contributed by atoms with Crippen molar-refractivity contribution in [2.24, 2.45) is 11.3 Å². The Bertz CT molecular complexity index is 1070. The van der Waals surface area contributed by atoms with Crippen molar-refractivity contribution in [1.82, 2.24) is 10.2 Å². The summed E-state index contributed by atoms with van der Waals surface area (Å²) in [6.07, 6.45) is 2.42. The van der Waals surface area contributed by atoms with Gasteiger partial charge in [-0.25, -0.2) is 9.18 Å². The monoisotopic (exact) mass is 468 g/mol. The lowest BCUT2D eigenvalue weighted by Crippen LogP contribution is -2.53. The Hall–Kier alpha value is -2.80. The first-order valence-corrected chi connectivity index (χ1v) is 12.0. The largest absolute Gasteiger partial charge is 0.497 e. The third kappa shape index (κ3) is 4.22. The van der Waals surface area contributed by atoms with Crippen LogP contribution in [0.3, 0.4) is 0 Å². The fraction of sp³-hybridized carbons (Fsp3) is 0.519. The average molecular weight is 469 g/mol. The van der Waals surface area contributed by atoms with Crippen molar-refractivity contribution >= 4 is 6.09 Å². The smallest absolute Gasteiger partial charge is 0.407 e. The number of fused-ring (bicyclic) bond motifs is 4. The Labute approximate surface area is 200 Å². The number of hydrogen-bond acceptors (Lipinski definition) is 5. The Morgan fingerprint density at radius 2 is 1.74 bits per heavy atom. The number of carbonyl (C=O) groups excluding carboxylic acids is 1. The molecule has 2 atom stereocenters. The Balaban J connectivity index is 1.39. The van der Waals surface area contributed by atoms with Crippen LogP contribution in [0.1, 0.15) is 43.9 Å². The van der Waals surface area contributed by atoms with E-state index in [-0.39, 0.29) is 23.4 Å². The van der Waals surface area contributed by atoms with Gasteiger partial charge in [0.2, 0.25) is 0 Å². The van der Waals surface area contributed by atoms with E-state index in [1.807, 2.05) is 6.07 Å². The Kier molecular flexibility index (Phi) is 5.92. The van der Waals surface area contributed by atoms with Gasteiger partial charge in [0.05, 0.1) is 20.3 Å². The number of methoxy groups -OCH3 is 2. The molecule has 4 aliphatic rings. The van der Waals surface area contributed by atoms with Crippen LogP contribution in [-0.2, 0) is 11.2 Å². The van der Waals surface area contributed by atoms with Crippen LogP contribution in [0.4, 0.5) is 9.18 Å². The summed E-state index contributed by atoms with van der Waals surface area (Å²) < 4.78 is 32.0. The lowest BCUT2D eigenvalue weighted by molar-refractivity contribution is -0.0349. The van der Waals surface area contributed by atoms with Crippen molar-refractivity contribution in [2.75, 3.05) is 33.9 Å². The van der Waals surface area contributed by atoms with E-state index in [9.17, 15) is 4.79 Å². The van der Waals surface area contributed by atoms with Crippen molar-refractivity contribution < 1.29 is 23.4 Å². The number of nitrogens with zero attached hydrogens (tertiary/aromatic N) is 1. The van der Waals surface area contributed by atoms with Crippen LogP contribution >= 0.6 is 0 Å². The molecule has 3 saturated heterocycles. The highest BCUT2D eigenvalue weighted by Crippen LogP contribution is 2.47. The molecule has 0 saturated carbocycles. The molecule has 34 heavy (non-hydrogen) atoms. The van der Waals surface area contributed by atoms with Crippen molar-refractivity contribution in [3.63, 3.8) is 0 Å². The van der Waals surface area contributed by atoms with Gasteiger partial charge in [0.1, 0.15) is 23.4 Å². The third-order valence-corrected chi connectivity index (χ3v) is 7.75. The summed E-state index contributed by atoms with van der Waals surface area (Å²) >= 11 is 0. The maximum atomic E-state index is 15.4. The molecule has 3 fully saturated rings. The first kappa shape index (κ1) is 23.0. The molecule has 1 amide bonds. The maximum absolute atomic E-state index is 15.4. The molecule has 3 aliphatic heterocycles. The molecule has 1 unspecified atom stereocenters. The van der Waals surface area contributed by atoms with Crippen LogP contribution < -0.4 is 14.8 Å². The first-order chi connectivity index (χ1) is 16.3. The molecule has 7 heteroatoms. The lowest BCUT2D eigenvalue weighted by Gasteiger charge is -2.44. The molecule has 2 aromatic rings. The zero-order valence-electron chi connectivity index (χ0n) is 20.3. The standard InChI is InChI=1S/C27H33FN2O4/c1-27(2)14-18-11-21(17-9-19(32-3)12-20(10-17)33-4)23(28)13-22(18)25(27)29-26(31)34-24-15-30-7-5-16(24)6-8-30/h9-13,16,24-25H,5-8,14-15H2,1-4H3,(H,29,31)/t24-,25?/m0/s1. The number of piperidine rings is 3. The van der Waals surface area contributed by atoms with E-state index in [0.717, 1.165) is 50.0 Å². The second-order valence-corrected chi connectivity index (χ2v) is 10.5.